The van der Waals surface area contributed by atoms with E-state index in [2.05, 4.69) is 10.1 Å². The lowest BCUT2D eigenvalue weighted by atomic mass is 10.2. The largest absolute Gasteiger partial charge is 0.573 e. The Morgan fingerprint density at radius 1 is 1.41 bits per heavy atom. The van der Waals surface area contributed by atoms with E-state index in [1.165, 1.54) is 12.1 Å². The minimum Gasteiger partial charge on any atom is -0.406 e. The lowest BCUT2D eigenvalue weighted by Gasteiger charge is -2.32. The number of benzene rings is 1. The lowest BCUT2D eigenvalue weighted by molar-refractivity contribution is -0.274. The molecule has 22 heavy (non-hydrogen) atoms. The highest BCUT2D eigenvalue weighted by atomic mass is 19.4. The number of amides is 2. The maximum absolute atomic E-state index is 12.0. The molecule has 1 heterocycles. The molecule has 0 saturated carbocycles. The number of hydrogen-bond donors (Lipinski definition) is 2. The van der Waals surface area contributed by atoms with Crippen LogP contribution in [0.3, 0.4) is 0 Å². The van der Waals surface area contributed by atoms with Gasteiger partial charge in [0.15, 0.2) is 0 Å². The van der Waals surface area contributed by atoms with Crippen molar-refractivity contribution in [2.45, 2.75) is 12.5 Å². The van der Waals surface area contributed by atoms with Crippen LogP contribution in [-0.4, -0.2) is 49.6 Å². The van der Waals surface area contributed by atoms with Crippen molar-refractivity contribution < 1.29 is 27.4 Å². The first-order chi connectivity index (χ1) is 10.4. The van der Waals surface area contributed by atoms with Crippen LogP contribution in [0.25, 0.3) is 0 Å². The molecule has 1 aliphatic heterocycles. The van der Waals surface area contributed by atoms with Gasteiger partial charge in [0.1, 0.15) is 5.75 Å². The fourth-order valence-electron chi connectivity index (χ4n) is 1.99. The smallest absolute Gasteiger partial charge is 0.406 e. The molecule has 0 spiro atoms. The van der Waals surface area contributed by atoms with Crippen LogP contribution in [0.4, 0.5) is 23.7 Å². The van der Waals surface area contributed by atoms with Gasteiger partial charge in [-0.25, -0.2) is 4.79 Å². The van der Waals surface area contributed by atoms with Crippen molar-refractivity contribution in [3.05, 3.63) is 24.3 Å². The van der Waals surface area contributed by atoms with E-state index in [0.29, 0.717) is 31.9 Å². The van der Waals surface area contributed by atoms with E-state index in [1.807, 2.05) is 0 Å². The maximum Gasteiger partial charge on any atom is 0.573 e. The molecule has 0 bridgehead atoms. The van der Waals surface area contributed by atoms with Crippen LogP contribution in [0.15, 0.2) is 24.3 Å². The number of nitrogens with one attached hydrogen (secondary N) is 1. The molecule has 9 heteroatoms. The molecule has 6 nitrogen and oxygen atoms in total. The summed E-state index contributed by atoms with van der Waals surface area (Å²) in [5, 5.41) is 2.60. The van der Waals surface area contributed by atoms with Gasteiger partial charge in [0.25, 0.3) is 0 Å². The molecule has 1 atom stereocenters. The Bertz CT molecular complexity index is 507. The average Bonchev–Trinajstić information content (AvgIpc) is 2.48. The Kier molecular flexibility index (Phi) is 5.09. The second-order valence-electron chi connectivity index (χ2n) is 4.68. The van der Waals surface area contributed by atoms with E-state index in [0.717, 1.165) is 12.1 Å². The van der Waals surface area contributed by atoms with E-state index in [4.69, 9.17) is 10.5 Å². The van der Waals surface area contributed by atoms with E-state index >= 15 is 0 Å². The SMILES string of the molecule is NCC1CN(C(=O)Nc2ccc(OC(F)(F)F)cc2)CCO1. The van der Waals surface area contributed by atoms with E-state index in [9.17, 15) is 18.0 Å². The molecule has 1 saturated heterocycles. The summed E-state index contributed by atoms with van der Waals surface area (Å²) in [6.07, 6.45) is -4.95. The zero-order valence-electron chi connectivity index (χ0n) is 11.6. The van der Waals surface area contributed by atoms with Crippen LogP contribution in [-0.2, 0) is 4.74 Å². The summed E-state index contributed by atoms with van der Waals surface area (Å²) in [5.74, 6) is -0.347. The normalized spacial score (nSPS) is 18.9. The van der Waals surface area contributed by atoms with Crippen LogP contribution in [0, 0.1) is 0 Å². The van der Waals surface area contributed by atoms with Gasteiger partial charge in [0.05, 0.1) is 12.7 Å². The number of rotatable bonds is 3. The predicted molar refractivity (Wildman–Crippen MR) is 72.5 cm³/mol. The minimum atomic E-state index is -4.74. The Balaban J connectivity index is 1.91. The average molecular weight is 319 g/mol. The molecular weight excluding hydrogens is 303 g/mol. The summed E-state index contributed by atoms with van der Waals surface area (Å²) in [6, 6.07) is 4.57. The number of carbonyl (C=O) groups is 1. The quantitative estimate of drug-likeness (QED) is 0.890. The van der Waals surface area contributed by atoms with Crippen LogP contribution in [0.5, 0.6) is 5.75 Å². The van der Waals surface area contributed by atoms with Crippen molar-refractivity contribution in [3.8, 4) is 5.75 Å². The van der Waals surface area contributed by atoms with E-state index in [1.54, 1.807) is 4.90 Å². The van der Waals surface area contributed by atoms with Gasteiger partial charge in [0.2, 0.25) is 0 Å². The molecule has 1 aliphatic rings. The van der Waals surface area contributed by atoms with Crippen molar-refractivity contribution >= 4 is 11.7 Å². The number of ether oxygens (including phenoxy) is 2. The first kappa shape index (κ1) is 16.4. The Hall–Kier alpha value is -2.00. The minimum absolute atomic E-state index is 0.206. The number of alkyl halides is 3. The molecule has 1 aromatic carbocycles. The first-order valence-electron chi connectivity index (χ1n) is 6.61. The van der Waals surface area contributed by atoms with Gasteiger partial charge in [-0.3, -0.25) is 0 Å². The summed E-state index contributed by atoms with van der Waals surface area (Å²) in [6.45, 7) is 1.51. The van der Waals surface area contributed by atoms with Crippen LogP contribution >= 0.6 is 0 Å². The third-order valence-electron chi connectivity index (χ3n) is 3.03. The van der Waals surface area contributed by atoms with Gasteiger partial charge in [-0.1, -0.05) is 0 Å². The number of urea groups is 1. The van der Waals surface area contributed by atoms with Gasteiger partial charge < -0.3 is 25.4 Å². The monoisotopic (exact) mass is 319 g/mol. The standard InChI is InChI=1S/C13H16F3N3O3/c14-13(15,16)22-10-3-1-9(2-4-10)18-12(20)19-5-6-21-11(7-17)8-19/h1-4,11H,5-8,17H2,(H,18,20). The summed E-state index contributed by atoms with van der Waals surface area (Å²) in [7, 11) is 0. The molecule has 2 rings (SSSR count). The molecular formula is C13H16F3N3O3. The highest BCUT2D eigenvalue weighted by molar-refractivity contribution is 5.89. The molecule has 1 aromatic rings. The number of nitrogens with two attached hydrogens (primary N) is 1. The molecule has 0 radical (unpaired) electrons. The summed E-state index contributed by atoms with van der Waals surface area (Å²) >= 11 is 0. The zero-order chi connectivity index (χ0) is 16.2. The highest BCUT2D eigenvalue weighted by Crippen LogP contribution is 2.24. The van der Waals surface area contributed by atoms with Gasteiger partial charge in [-0.15, -0.1) is 13.2 Å². The zero-order valence-corrected chi connectivity index (χ0v) is 11.6. The fraction of sp³-hybridized carbons (Fsp3) is 0.462. The summed E-state index contributed by atoms with van der Waals surface area (Å²) in [5.41, 5.74) is 5.87. The van der Waals surface area contributed by atoms with Crippen molar-refractivity contribution in [3.63, 3.8) is 0 Å². The third-order valence-corrected chi connectivity index (χ3v) is 3.03. The maximum atomic E-state index is 12.0. The number of carbonyl (C=O) groups excluding carboxylic acids is 1. The number of anilines is 1. The van der Waals surface area contributed by atoms with Crippen LogP contribution < -0.4 is 15.8 Å². The number of nitrogens with zero attached hydrogens (tertiary/aromatic N) is 1. The van der Waals surface area contributed by atoms with Crippen molar-refractivity contribution in [2.24, 2.45) is 5.73 Å². The third kappa shape index (κ3) is 4.78. The van der Waals surface area contributed by atoms with Gasteiger partial charge in [-0.2, -0.15) is 0 Å². The molecule has 122 valence electrons. The summed E-state index contributed by atoms with van der Waals surface area (Å²) in [4.78, 5) is 13.6. The lowest BCUT2D eigenvalue weighted by Crippen LogP contribution is -2.49. The van der Waals surface area contributed by atoms with Gasteiger partial charge in [-0.05, 0) is 24.3 Å². The van der Waals surface area contributed by atoms with Crippen molar-refractivity contribution in [1.82, 2.24) is 4.90 Å². The van der Waals surface area contributed by atoms with E-state index < -0.39 is 6.36 Å². The predicted octanol–water partition coefficient (Wildman–Crippen LogP) is 1.78. The number of hydrogen-bond acceptors (Lipinski definition) is 4. The second kappa shape index (κ2) is 6.84. The molecule has 0 aliphatic carbocycles. The van der Waals surface area contributed by atoms with Crippen LogP contribution in [0.2, 0.25) is 0 Å². The Morgan fingerprint density at radius 2 is 2.09 bits per heavy atom. The van der Waals surface area contributed by atoms with Gasteiger partial charge in [0, 0.05) is 25.3 Å². The first-order valence-corrected chi connectivity index (χ1v) is 6.61. The molecule has 1 fully saturated rings. The van der Waals surface area contributed by atoms with E-state index in [-0.39, 0.29) is 17.9 Å². The Morgan fingerprint density at radius 3 is 2.68 bits per heavy atom. The van der Waals surface area contributed by atoms with Crippen molar-refractivity contribution in [2.75, 3.05) is 31.6 Å². The molecule has 1 unspecified atom stereocenters. The topological polar surface area (TPSA) is 76.8 Å². The van der Waals surface area contributed by atoms with Gasteiger partial charge >= 0.3 is 12.4 Å². The van der Waals surface area contributed by atoms with Crippen molar-refractivity contribution in [1.29, 1.82) is 0 Å². The molecule has 3 N–H and O–H groups in total. The Labute approximate surface area is 125 Å². The second-order valence-corrected chi connectivity index (χ2v) is 4.68. The van der Waals surface area contributed by atoms with Crippen LogP contribution in [0.1, 0.15) is 0 Å². The molecule has 2 amide bonds. The summed E-state index contributed by atoms with van der Waals surface area (Å²) < 4.78 is 45.2. The fourth-order valence-corrected chi connectivity index (χ4v) is 1.99. The number of halogens is 3. The highest BCUT2D eigenvalue weighted by Gasteiger charge is 2.31. The molecule has 0 aromatic heterocycles. The number of morpholine rings is 1.